The molecule has 1 N–H and O–H groups in total. The number of esters is 1. The second-order valence-corrected chi connectivity index (χ2v) is 6.90. The van der Waals surface area contributed by atoms with Crippen molar-refractivity contribution in [3.05, 3.63) is 21.4 Å². The number of rotatable bonds is 5. The molecule has 1 unspecified atom stereocenters. The molecule has 0 fully saturated rings. The molecule has 5 nitrogen and oxygen atoms in total. The van der Waals surface area contributed by atoms with Gasteiger partial charge in [-0.1, -0.05) is 12.8 Å². The van der Waals surface area contributed by atoms with Gasteiger partial charge in [-0.05, 0) is 44.2 Å². The monoisotopic (exact) mass is 332 g/mol. The van der Waals surface area contributed by atoms with Crippen LogP contribution in [0.1, 0.15) is 52.7 Å². The zero-order chi connectivity index (χ0) is 16.8. The zero-order valence-corrected chi connectivity index (χ0v) is 14.0. The molecule has 1 aromatic heterocycles. The third kappa shape index (κ3) is 4.49. The highest BCUT2D eigenvalue weighted by molar-refractivity contribution is 7.14. The van der Waals surface area contributed by atoms with Gasteiger partial charge in [0.25, 0.3) is 0 Å². The molecule has 0 bridgehead atoms. The van der Waals surface area contributed by atoms with Gasteiger partial charge in [-0.25, -0.2) is 4.79 Å². The molecular formula is C17H20N2O3S. The van der Waals surface area contributed by atoms with Crippen molar-refractivity contribution in [2.45, 2.75) is 45.4 Å². The van der Waals surface area contributed by atoms with Crippen LogP contribution < -0.4 is 0 Å². The van der Waals surface area contributed by atoms with Crippen LogP contribution in [0.4, 0.5) is 0 Å². The molecule has 122 valence electrons. The molecule has 23 heavy (non-hydrogen) atoms. The number of nitriles is 1. The van der Waals surface area contributed by atoms with Gasteiger partial charge in [-0.2, -0.15) is 5.26 Å². The number of Topliss-reactive ketones (excluding diaryl/α,β-unsaturated/α-hetero) is 1. The normalized spacial score (nSPS) is 15.5. The zero-order valence-electron chi connectivity index (χ0n) is 13.2. The van der Waals surface area contributed by atoms with Crippen LogP contribution in [0.3, 0.4) is 0 Å². The summed E-state index contributed by atoms with van der Waals surface area (Å²) in [7, 11) is 0. The minimum absolute atomic E-state index is 0.0346. The van der Waals surface area contributed by atoms with Gasteiger partial charge in [-0.15, -0.1) is 11.3 Å². The van der Waals surface area contributed by atoms with E-state index in [1.54, 1.807) is 6.07 Å². The summed E-state index contributed by atoms with van der Waals surface area (Å²) in [6.07, 6.45) is 6.71. The molecule has 1 aliphatic carbocycles. The standard InChI is InChI=1S/C17H20N2O3S/c1-11(19)13(9-18)14(20)10-22-17(21)16-8-12-6-4-2-3-5-7-15(12)23-16/h8,13,19H,2-7,10H2,1H3. The van der Waals surface area contributed by atoms with Crippen molar-refractivity contribution in [3.63, 3.8) is 0 Å². The van der Waals surface area contributed by atoms with Gasteiger partial charge >= 0.3 is 5.97 Å². The molecule has 0 saturated heterocycles. The van der Waals surface area contributed by atoms with Crippen LogP contribution in [0.15, 0.2) is 6.07 Å². The number of aryl methyl sites for hydroxylation is 2. The summed E-state index contributed by atoms with van der Waals surface area (Å²) in [6, 6.07) is 3.63. The van der Waals surface area contributed by atoms with Crippen LogP contribution in [0.25, 0.3) is 0 Å². The lowest BCUT2D eigenvalue weighted by molar-refractivity contribution is -0.122. The van der Waals surface area contributed by atoms with Crippen LogP contribution in [-0.4, -0.2) is 24.1 Å². The van der Waals surface area contributed by atoms with Crippen LogP contribution in [0.2, 0.25) is 0 Å². The Kier molecular flexibility index (Phi) is 6.05. The number of ketones is 1. The third-order valence-electron chi connectivity index (χ3n) is 3.93. The molecule has 0 radical (unpaired) electrons. The maximum absolute atomic E-state index is 12.1. The van der Waals surface area contributed by atoms with Gasteiger partial charge in [0.1, 0.15) is 10.8 Å². The van der Waals surface area contributed by atoms with E-state index >= 15 is 0 Å². The van der Waals surface area contributed by atoms with E-state index in [1.807, 2.05) is 6.07 Å². The second-order valence-electron chi connectivity index (χ2n) is 5.76. The Morgan fingerprint density at radius 2 is 2.04 bits per heavy atom. The fourth-order valence-electron chi connectivity index (χ4n) is 2.65. The van der Waals surface area contributed by atoms with Gasteiger partial charge in [0, 0.05) is 10.6 Å². The van der Waals surface area contributed by atoms with E-state index in [1.165, 1.54) is 41.5 Å². The Balaban J connectivity index is 1.99. The molecule has 2 rings (SSSR count). The van der Waals surface area contributed by atoms with E-state index in [0.29, 0.717) is 4.88 Å². The molecule has 0 aliphatic heterocycles. The molecule has 1 atom stereocenters. The summed E-state index contributed by atoms with van der Waals surface area (Å²) in [5, 5.41) is 16.2. The fourth-order valence-corrected chi connectivity index (χ4v) is 3.79. The van der Waals surface area contributed by atoms with E-state index in [0.717, 1.165) is 25.7 Å². The lowest BCUT2D eigenvalue weighted by Gasteiger charge is -2.07. The van der Waals surface area contributed by atoms with Crippen LogP contribution in [0.5, 0.6) is 0 Å². The molecule has 6 heteroatoms. The van der Waals surface area contributed by atoms with E-state index in [2.05, 4.69) is 0 Å². The molecule has 0 spiro atoms. The quantitative estimate of drug-likeness (QED) is 0.661. The minimum atomic E-state index is -1.13. The molecular weight excluding hydrogens is 312 g/mol. The van der Waals surface area contributed by atoms with E-state index < -0.39 is 24.3 Å². The first-order chi connectivity index (χ1) is 11.0. The van der Waals surface area contributed by atoms with Crippen molar-refractivity contribution >= 4 is 28.8 Å². The van der Waals surface area contributed by atoms with Crippen molar-refractivity contribution < 1.29 is 14.3 Å². The third-order valence-corrected chi connectivity index (χ3v) is 5.14. The summed E-state index contributed by atoms with van der Waals surface area (Å²) in [6.45, 7) is 0.933. The van der Waals surface area contributed by atoms with E-state index in [-0.39, 0.29) is 5.71 Å². The van der Waals surface area contributed by atoms with Gasteiger partial charge in [0.15, 0.2) is 12.4 Å². The summed E-state index contributed by atoms with van der Waals surface area (Å²) in [5.41, 5.74) is 1.19. The number of ether oxygens (including phenoxy) is 1. The first kappa shape index (κ1) is 17.4. The Hall–Kier alpha value is -2.00. The Morgan fingerprint density at radius 1 is 1.35 bits per heavy atom. The SMILES string of the molecule is CC(=N)C(C#N)C(=O)COC(=O)c1cc2c(s1)CCCCCC2. The van der Waals surface area contributed by atoms with Gasteiger partial charge in [-0.3, -0.25) is 4.79 Å². The Labute approximate surface area is 139 Å². The number of carbonyl (C=O) groups excluding carboxylic acids is 2. The first-order valence-electron chi connectivity index (χ1n) is 7.79. The van der Waals surface area contributed by atoms with Crippen molar-refractivity contribution in [2.75, 3.05) is 6.61 Å². The average molecular weight is 332 g/mol. The second kappa shape index (κ2) is 8.02. The van der Waals surface area contributed by atoms with Crippen LogP contribution >= 0.6 is 11.3 Å². The van der Waals surface area contributed by atoms with Crippen LogP contribution in [0, 0.1) is 22.7 Å². The van der Waals surface area contributed by atoms with E-state index in [9.17, 15) is 9.59 Å². The maximum Gasteiger partial charge on any atom is 0.348 e. The van der Waals surface area contributed by atoms with E-state index in [4.69, 9.17) is 15.4 Å². The number of nitrogens with zero attached hydrogens (tertiary/aromatic N) is 1. The number of thiophene rings is 1. The number of nitrogens with one attached hydrogen (secondary N) is 1. The lowest BCUT2D eigenvalue weighted by atomic mass is 10.00. The van der Waals surface area contributed by atoms with Crippen molar-refractivity contribution in [3.8, 4) is 6.07 Å². The molecule has 1 aromatic rings. The number of carbonyl (C=O) groups is 2. The predicted octanol–water partition coefficient (Wildman–Crippen LogP) is 3.31. The summed E-state index contributed by atoms with van der Waals surface area (Å²) in [4.78, 5) is 25.7. The maximum atomic E-state index is 12.1. The predicted molar refractivity (Wildman–Crippen MR) is 88.0 cm³/mol. The molecule has 0 aromatic carbocycles. The number of hydrogen-bond donors (Lipinski definition) is 1. The lowest BCUT2D eigenvalue weighted by Crippen LogP contribution is -2.25. The Morgan fingerprint density at radius 3 is 2.70 bits per heavy atom. The summed E-state index contributed by atoms with van der Waals surface area (Å²) >= 11 is 1.45. The highest BCUT2D eigenvalue weighted by atomic mass is 32.1. The van der Waals surface area contributed by atoms with Crippen molar-refractivity contribution in [1.29, 1.82) is 10.7 Å². The summed E-state index contributed by atoms with van der Waals surface area (Å²) in [5.74, 6) is -2.20. The van der Waals surface area contributed by atoms with Crippen molar-refractivity contribution in [1.82, 2.24) is 0 Å². The van der Waals surface area contributed by atoms with Gasteiger partial charge in [0.2, 0.25) is 0 Å². The smallest absolute Gasteiger partial charge is 0.348 e. The first-order valence-corrected chi connectivity index (χ1v) is 8.60. The number of hydrogen-bond acceptors (Lipinski definition) is 6. The van der Waals surface area contributed by atoms with Gasteiger partial charge < -0.3 is 10.1 Å². The fraction of sp³-hybridized carbons (Fsp3) is 0.529. The molecule has 0 saturated carbocycles. The number of fused-ring (bicyclic) bond motifs is 1. The largest absolute Gasteiger partial charge is 0.453 e. The van der Waals surface area contributed by atoms with Crippen LogP contribution in [-0.2, 0) is 22.4 Å². The molecule has 1 aliphatic rings. The molecule has 0 amide bonds. The van der Waals surface area contributed by atoms with Crippen molar-refractivity contribution in [2.24, 2.45) is 5.92 Å². The Bertz CT molecular complexity index is 632. The topological polar surface area (TPSA) is 91.0 Å². The van der Waals surface area contributed by atoms with Gasteiger partial charge in [0.05, 0.1) is 6.07 Å². The average Bonchev–Trinajstić information content (AvgIpc) is 2.87. The molecule has 1 heterocycles. The minimum Gasteiger partial charge on any atom is -0.453 e. The summed E-state index contributed by atoms with van der Waals surface area (Å²) < 4.78 is 5.04. The highest BCUT2D eigenvalue weighted by Gasteiger charge is 2.23. The highest BCUT2D eigenvalue weighted by Crippen LogP contribution is 2.28.